The van der Waals surface area contributed by atoms with Gasteiger partial charge in [-0.2, -0.15) is 0 Å². The van der Waals surface area contributed by atoms with Gasteiger partial charge < -0.3 is 19.1 Å². The molecule has 0 spiro atoms. The molecule has 1 aromatic carbocycles. The number of aryl methyl sites for hydroxylation is 1. The van der Waals surface area contributed by atoms with Crippen LogP contribution in [0.1, 0.15) is 42.3 Å². The number of aromatic amines is 1. The number of carbonyl (C=O) groups is 1. The number of likely N-dealkylation sites (tertiary alicyclic amines) is 1. The fraction of sp³-hybridized carbons (Fsp3) is 0.435. The standard InChI is InChI=1S/C23H28N4O5/c1-14-9-22(29)27-20(24-14)13-16(25-27)17-7-5-6-8-26(17)21(28)12-15-10-18(30-2)23(32-4)19(11-15)31-3/h9-11,13,17,25H,5-8,12H2,1-4H3. The van der Waals surface area contributed by atoms with Gasteiger partial charge in [-0.1, -0.05) is 0 Å². The van der Waals surface area contributed by atoms with Gasteiger partial charge in [-0.05, 0) is 43.9 Å². The van der Waals surface area contributed by atoms with E-state index in [-0.39, 0.29) is 23.9 Å². The summed E-state index contributed by atoms with van der Waals surface area (Å²) in [5.74, 6) is 1.52. The second kappa shape index (κ2) is 8.94. The van der Waals surface area contributed by atoms with E-state index < -0.39 is 0 Å². The number of hydrogen-bond donors (Lipinski definition) is 1. The van der Waals surface area contributed by atoms with Crippen LogP contribution in [0.25, 0.3) is 5.65 Å². The van der Waals surface area contributed by atoms with Gasteiger partial charge in [0.2, 0.25) is 11.7 Å². The molecule has 1 aliphatic heterocycles. The number of rotatable bonds is 6. The van der Waals surface area contributed by atoms with Gasteiger partial charge in [0.05, 0.1) is 39.5 Å². The van der Waals surface area contributed by atoms with Gasteiger partial charge in [-0.3, -0.25) is 14.7 Å². The molecule has 1 saturated heterocycles. The average molecular weight is 441 g/mol. The highest BCUT2D eigenvalue weighted by atomic mass is 16.5. The number of piperidine rings is 1. The summed E-state index contributed by atoms with van der Waals surface area (Å²) in [4.78, 5) is 32.0. The van der Waals surface area contributed by atoms with Crippen LogP contribution in [0.2, 0.25) is 0 Å². The SMILES string of the molecule is COc1cc(CC(=O)N2CCCCC2c2cc3nc(C)cc(=O)n3[nH]2)cc(OC)c1OC. The molecule has 2 aromatic heterocycles. The van der Waals surface area contributed by atoms with Gasteiger partial charge in [-0.15, -0.1) is 0 Å². The van der Waals surface area contributed by atoms with Crippen molar-refractivity contribution >= 4 is 11.6 Å². The molecule has 1 aliphatic rings. The van der Waals surface area contributed by atoms with Crippen LogP contribution in [0, 0.1) is 6.92 Å². The molecule has 32 heavy (non-hydrogen) atoms. The smallest absolute Gasteiger partial charge is 0.272 e. The Balaban J connectivity index is 1.63. The molecule has 1 fully saturated rings. The van der Waals surface area contributed by atoms with Crippen molar-refractivity contribution in [1.82, 2.24) is 19.5 Å². The molecule has 1 atom stereocenters. The lowest BCUT2D eigenvalue weighted by atomic mass is 9.98. The van der Waals surface area contributed by atoms with Crippen LogP contribution in [0.4, 0.5) is 0 Å². The van der Waals surface area contributed by atoms with Crippen LogP contribution in [0.5, 0.6) is 17.2 Å². The number of amides is 1. The van der Waals surface area contributed by atoms with E-state index >= 15 is 0 Å². The topological polar surface area (TPSA) is 98.2 Å². The van der Waals surface area contributed by atoms with E-state index in [4.69, 9.17) is 14.2 Å². The lowest BCUT2D eigenvalue weighted by Gasteiger charge is -2.35. The fourth-order valence-electron chi connectivity index (χ4n) is 4.37. The number of H-pyrrole nitrogens is 1. The van der Waals surface area contributed by atoms with Crippen molar-refractivity contribution in [3.8, 4) is 17.2 Å². The Labute approximate surface area is 185 Å². The Morgan fingerprint density at radius 3 is 2.47 bits per heavy atom. The predicted octanol–water partition coefficient (Wildman–Crippen LogP) is 2.65. The summed E-state index contributed by atoms with van der Waals surface area (Å²) in [5, 5.41) is 3.15. The molecule has 9 heteroatoms. The molecule has 3 aromatic rings. The van der Waals surface area contributed by atoms with Crippen LogP contribution in [-0.2, 0) is 11.2 Å². The van der Waals surface area contributed by atoms with Gasteiger partial charge in [0.15, 0.2) is 17.1 Å². The zero-order valence-electron chi connectivity index (χ0n) is 18.8. The van der Waals surface area contributed by atoms with Gasteiger partial charge in [-0.25, -0.2) is 9.50 Å². The van der Waals surface area contributed by atoms with E-state index in [1.54, 1.807) is 40.4 Å². The lowest BCUT2D eigenvalue weighted by Crippen LogP contribution is -2.39. The van der Waals surface area contributed by atoms with Gasteiger partial charge >= 0.3 is 0 Å². The quantitative estimate of drug-likeness (QED) is 0.633. The molecule has 0 saturated carbocycles. The van der Waals surface area contributed by atoms with Crippen molar-refractivity contribution in [2.24, 2.45) is 0 Å². The molecule has 170 valence electrons. The Hall–Kier alpha value is -3.49. The van der Waals surface area contributed by atoms with E-state index in [1.165, 1.54) is 10.6 Å². The minimum Gasteiger partial charge on any atom is -0.493 e. The summed E-state index contributed by atoms with van der Waals surface area (Å²) in [6, 6.07) is 6.81. The van der Waals surface area contributed by atoms with E-state index in [1.807, 2.05) is 11.0 Å². The Morgan fingerprint density at radius 2 is 1.81 bits per heavy atom. The number of nitrogens with zero attached hydrogens (tertiary/aromatic N) is 3. The van der Waals surface area contributed by atoms with E-state index in [2.05, 4.69) is 10.1 Å². The Kier molecular flexibility index (Phi) is 6.07. The first-order chi connectivity index (χ1) is 15.4. The van der Waals surface area contributed by atoms with Crippen molar-refractivity contribution in [3.05, 3.63) is 51.6 Å². The van der Waals surface area contributed by atoms with Gasteiger partial charge in [0.25, 0.3) is 5.56 Å². The van der Waals surface area contributed by atoms with Crippen molar-refractivity contribution in [3.63, 3.8) is 0 Å². The maximum absolute atomic E-state index is 13.4. The number of fused-ring (bicyclic) bond motifs is 1. The van der Waals surface area contributed by atoms with E-state index in [9.17, 15) is 9.59 Å². The van der Waals surface area contributed by atoms with Crippen molar-refractivity contribution in [1.29, 1.82) is 0 Å². The lowest BCUT2D eigenvalue weighted by molar-refractivity contribution is -0.134. The molecule has 0 bridgehead atoms. The minimum atomic E-state index is -0.162. The number of carbonyl (C=O) groups excluding carboxylic acids is 1. The number of ether oxygens (including phenoxy) is 3. The number of hydrogen-bond acceptors (Lipinski definition) is 6. The summed E-state index contributed by atoms with van der Waals surface area (Å²) in [5.41, 5.74) is 2.66. The highest BCUT2D eigenvalue weighted by Crippen LogP contribution is 2.39. The molecule has 1 N–H and O–H groups in total. The van der Waals surface area contributed by atoms with Gasteiger partial charge in [0, 0.05) is 24.4 Å². The number of benzene rings is 1. The largest absolute Gasteiger partial charge is 0.493 e. The molecule has 1 amide bonds. The zero-order chi connectivity index (χ0) is 22.8. The molecular formula is C23H28N4O5. The molecule has 3 heterocycles. The molecule has 0 radical (unpaired) electrons. The summed E-state index contributed by atoms with van der Waals surface area (Å²) < 4.78 is 17.6. The highest BCUT2D eigenvalue weighted by Gasteiger charge is 2.30. The normalized spacial score (nSPS) is 16.2. The molecular weight excluding hydrogens is 412 g/mol. The van der Waals surface area contributed by atoms with Crippen LogP contribution in [0.3, 0.4) is 0 Å². The second-order valence-electron chi connectivity index (χ2n) is 7.95. The van der Waals surface area contributed by atoms with Crippen molar-refractivity contribution < 1.29 is 19.0 Å². The highest BCUT2D eigenvalue weighted by molar-refractivity contribution is 5.80. The summed E-state index contributed by atoms with van der Waals surface area (Å²) in [7, 11) is 4.65. The maximum Gasteiger partial charge on any atom is 0.272 e. The fourth-order valence-corrected chi connectivity index (χ4v) is 4.37. The molecule has 4 rings (SSSR count). The van der Waals surface area contributed by atoms with Crippen LogP contribution in [0.15, 0.2) is 29.1 Å². The van der Waals surface area contributed by atoms with Crippen LogP contribution in [-0.4, -0.2) is 53.3 Å². The van der Waals surface area contributed by atoms with Crippen LogP contribution >= 0.6 is 0 Å². The number of aromatic nitrogens is 3. The Morgan fingerprint density at radius 1 is 1.09 bits per heavy atom. The average Bonchev–Trinajstić information content (AvgIpc) is 3.22. The number of methoxy groups -OCH3 is 3. The summed E-state index contributed by atoms with van der Waals surface area (Å²) >= 11 is 0. The molecule has 1 unspecified atom stereocenters. The summed E-state index contributed by atoms with van der Waals surface area (Å²) in [6.45, 7) is 2.45. The monoisotopic (exact) mass is 440 g/mol. The zero-order valence-corrected chi connectivity index (χ0v) is 18.8. The van der Waals surface area contributed by atoms with Crippen LogP contribution < -0.4 is 19.8 Å². The molecule has 9 nitrogen and oxygen atoms in total. The molecule has 0 aliphatic carbocycles. The third-order valence-electron chi connectivity index (χ3n) is 5.86. The third-order valence-corrected chi connectivity index (χ3v) is 5.86. The predicted molar refractivity (Wildman–Crippen MR) is 119 cm³/mol. The third kappa shape index (κ3) is 4.02. The first kappa shape index (κ1) is 21.7. The second-order valence-corrected chi connectivity index (χ2v) is 7.95. The first-order valence-electron chi connectivity index (χ1n) is 10.6. The van der Waals surface area contributed by atoms with E-state index in [0.717, 1.165) is 30.5 Å². The first-order valence-corrected chi connectivity index (χ1v) is 10.6. The van der Waals surface area contributed by atoms with Crippen molar-refractivity contribution in [2.75, 3.05) is 27.9 Å². The number of nitrogens with one attached hydrogen (secondary N) is 1. The van der Waals surface area contributed by atoms with E-state index in [0.29, 0.717) is 35.1 Å². The maximum atomic E-state index is 13.4. The summed E-state index contributed by atoms with van der Waals surface area (Å²) in [6.07, 6.45) is 2.97. The van der Waals surface area contributed by atoms with Crippen molar-refractivity contribution in [2.45, 2.75) is 38.6 Å². The Bertz CT molecular complexity index is 1170. The minimum absolute atomic E-state index is 0.000819. The van der Waals surface area contributed by atoms with Gasteiger partial charge in [0.1, 0.15) is 0 Å².